The summed E-state index contributed by atoms with van der Waals surface area (Å²) in [4.78, 5) is 21.2. The van der Waals surface area contributed by atoms with Gasteiger partial charge in [0.05, 0.1) is 6.61 Å². The van der Waals surface area contributed by atoms with Crippen molar-refractivity contribution in [2.45, 2.75) is 51.2 Å². The van der Waals surface area contributed by atoms with Gasteiger partial charge in [0, 0.05) is 32.0 Å². The third-order valence-corrected chi connectivity index (χ3v) is 6.27. The van der Waals surface area contributed by atoms with Crippen LogP contribution in [0.1, 0.15) is 44.1 Å². The number of pyridine rings is 1. The molecule has 1 unspecified atom stereocenters. The highest BCUT2D eigenvalue weighted by atomic mass is 16.5. The number of hydrogen-bond acceptors (Lipinski definition) is 4. The monoisotopic (exact) mass is 343 g/mol. The molecule has 0 saturated carbocycles. The summed E-state index contributed by atoms with van der Waals surface area (Å²) in [6, 6.07) is 4.16. The molecule has 1 amide bonds. The summed E-state index contributed by atoms with van der Waals surface area (Å²) in [5, 5.41) is 0. The summed E-state index contributed by atoms with van der Waals surface area (Å²) in [7, 11) is 0. The minimum absolute atomic E-state index is 0.183. The zero-order valence-electron chi connectivity index (χ0n) is 15.0. The molecule has 0 N–H and O–H groups in total. The highest BCUT2D eigenvalue weighted by molar-refractivity contribution is 5.81. The highest BCUT2D eigenvalue weighted by Crippen LogP contribution is 2.41. The number of rotatable bonds is 3. The van der Waals surface area contributed by atoms with Crippen LogP contribution >= 0.6 is 0 Å². The van der Waals surface area contributed by atoms with Crippen molar-refractivity contribution in [1.29, 1.82) is 0 Å². The Morgan fingerprint density at radius 3 is 2.64 bits per heavy atom. The summed E-state index contributed by atoms with van der Waals surface area (Å²) >= 11 is 0. The second-order valence-electron chi connectivity index (χ2n) is 8.01. The SMILES string of the molecule is O=C(C1CCC2(CCN(Cc3cccnc3)CC2)CO1)N1CCCC1. The van der Waals surface area contributed by atoms with Gasteiger partial charge in [0.2, 0.25) is 0 Å². The predicted octanol–water partition coefficient (Wildman–Crippen LogP) is 2.47. The quantitative estimate of drug-likeness (QED) is 0.846. The number of likely N-dealkylation sites (tertiary alicyclic amines) is 2. The van der Waals surface area contributed by atoms with Gasteiger partial charge in [-0.1, -0.05) is 6.07 Å². The Bertz CT molecular complexity index is 568. The maximum Gasteiger partial charge on any atom is 0.251 e. The molecule has 5 nitrogen and oxygen atoms in total. The Morgan fingerprint density at radius 1 is 1.20 bits per heavy atom. The molecule has 4 rings (SSSR count). The normalized spacial score (nSPS) is 26.9. The molecule has 1 spiro atoms. The number of ether oxygens (including phenoxy) is 1. The van der Waals surface area contributed by atoms with Crippen LogP contribution in [-0.4, -0.2) is 59.6 Å². The molecule has 5 heteroatoms. The first-order valence-corrected chi connectivity index (χ1v) is 9.76. The van der Waals surface area contributed by atoms with E-state index < -0.39 is 0 Å². The molecule has 3 fully saturated rings. The van der Waals surface area contributed by atoms with Crippen molar-refractivity contribution in [1.82, 2.24) is 14.8 Å². The maximum absolute atomic E-state index is 12.5. The van der Waals surface area contributed by atoms with Gasteiger partial charge >= 0.3 is 0 Å². The van der Waals surface area contributed by atoms with Crippen LogP contribution in [0.25, 0.3) is 0 Å². The smallest absolute Gasteiger partial charge is 0.251 e. The molecule has 1 atom stereocenters. The van der Waals surface area contributed by atoms with Crippen LogP contribution in [0, 0.1) is 5.41 Å². The highest BCUT2D eigenvalue weighted by Gasteiger charge is 2.41. The lowest BCUT2D eigenvalue weighted by molar-refractivity contribution is -0.154. The number of carbonyl (C=O) groups is 1. The first-order chi connectivity index (χ1) is 12.2. The van der Waals surface area contributed by atoms with E-state index in [9.17, 15) is 4.79 Å². The van der Waals surface area contributed by atoms with Crippen molar-refractivity contribution < 1.29 is 9.53 Å². The van der Waals surface area contributed by atoms with E-state index in [1.807, 2.05) is 23.4 Å². The second-order valence-corrected chi connectivity index (χ2v) is 8.01. The van der Waals surface area contributed by atoms with Gasteiger partial charge in [0.25, 0.3) is 5.91 Å². The van der Waals surface area contributed by atoms with Gasteiger partial charge in [-0.15, -0.1) is 0 Å². The number of aromatic nitrogens is 1. The zero-order chi connectivity index (χ0) is 17.1. The summed E-state index contributed by atoms with van der Waals surface area (Å²) < 4.78 is 6.08. The van der Waals surface area contributed by atoms with Crippen LogP contribution < -0.4 is 0 Å². The summed E-state index contributed by atoms with van der Waals surface area (Å²) in [5.41, 5.74) is 1.59. The largest absolute Gasteiger partial charge is 0.368 e. The van der Waals surface area contributed by atoms with Gasteiger partial charge in [-0.05, 0) is 68.7 Å². The third kappa shape index (κ3) is 3.87. The average molecular weight is 343 g/mol. The van der Waals surface area contributed by atoms with Crippen molar-refractivity contribution in [3.05, 3.63) is 30.1 Å². The molecule has 1 aromatic heterocycles. The molecule has 3 aliphatic rings. The lowest BCUT2D eigenvalue weighted by atomic mass is 9.73. The number of amides is 1. The van der Waals surface area contributed by atoms with Crippen molar-refractivity contribution in [3.8, 4) is 0 Å². The first-order valence-electron chi connectivity index (χ1n) is 9.76. The topological polar surface area (TPSA) is 45.7 Å². The number of piperidine rings is 1. The molecule has 0 radical (unpaired) electrons. The van der Waals surface area contributed by atoms with Gasteiger partial charge in [0.1, 0.15) is 6.10 Å². The molecule has 25 heavy (non-hydrogen) atoms. The molecular formula is C20H29N3O2. The lowest BCUT2D eigenvalue weighted by Gasteiger charge is -2.45. The van der Waals surface area contributed by atoms with Crippen molar-refractivity contribution in [3.63, 3.8) is 0 Å². The summed E-state index contributed by atoms with van der Waals surface area (Å²) in [6.45, 7) is 5.82. The Hall–Kier alpha value is -1.46. The molecule has 3 aliphatic heterocycles. The summed E-state index contributed by atoms with van der Waals surface area (Å²) in [5.74, 6) is 0.237. The fourth-order valence-corrected chi connectivity index (χ4v) is 4.54. The number of hydrogen-bond donors (Lipinski definition) is 0. The van der Waals surface area contributed by atoms with E-state index in [2.05, 4.69) is 16.0 Å². The average Bonchev–Trinajstić information content (AvgIpc) is 3.20. The third-order valence-electron chi connectivity index (χ3n) is 6.27. The van der Waals surface area contributed by atoms with E-state index in [1.165, 1.54) is 18.4 Å². The number of carbonyl (C=O) groups excluding carboxylic acids is 1. The second kappa shape index (κ2) is 7.42. The molecule has 3 saturated heterocycles. The van der Waals surface area contributed by atoms with Gasteiger partial charge in [-0.25, -0.2) is 0 Å². The summed E-state index contributed by atoms with van der Waals surface area (Å²) in [6.07, 6.45) is 10.3. The Labute approximate surface area is 150 Å². The van der Waals surface area contributed by atoms with Crippen molar-refractivity contribution >= 4 is 5.91 Å². The zero-order valence-corrected chi connectivity index (χ0v) is 15.0. The van der Waals surface area contributed by atoms with Gasteiger partial charge < -0.3 is 9.64 Å². The van der Waals surface area contributed by atoms with E-state index >= 15 is 0 Å². The Morgan fingerprint density at radius 2 is 2.00 bits per heavy atom. The van der Waals surface area contributed by atoms with E-state index in [4.69, 9.17) is 4.74 Å². The molecule has 4 heterocycles. The molecular weight excluding hydrogens is 314 g/mol. The minimum atomic E-state index is -0.183. The van der Waals surface area contributed by atoms with Crippen LogP contribution in [-0.2, 0) is 16.1 Å². The standard InChI is InChI=1S/C20H29N3O2/c24-19(23-10-1-2-11-23)18-5-6-20(16-25-18)7-12-22(13-8-20)15-17-4-3-9-21-14-17/h3-4,9,14,18H,1-2,5-8,10-13,15-16H2. The van der Waals surface area contributed by atoms with Crippen LogP contribution in [0.15, 0.2) is 24.5 Å². The fourth-order valence-electron chi connectivity index (χ4n) is 4.54. The first kappa shape index (κ1) is 17.0. The Kier molecular flexibility index (Phi) is 5.04. The van der Waals surface area contributed by atoms with E-state index in [0.29, 0.717) is 5.41 Å². The fraction of sp³-hybridized carbons (Fsp3) is 0.700. The van der Waals surface area contributed by atoms with Crippen LogP contribution in [0.3, 0.4) is 0 Å². The van der Waals surface area contributed by atoms with E-state index in [-0.39, 0.29) is 12.0 Å². The predicted molar refractivity (Wildman–Crippen MR) is 96.0 cm³/mol. The lowest BCUT2D eigenvalue weighted by Crippen LogP contribution is -2.49. The molecule has 0 bridgehead atoms. The maximum atomic E-state index is 12.5. The number of nitrogens with zero attached hydrogens (tertiary/aromatic N) is 3. The molecule has 1 aromatic rings. The van der Waals surface area contributed by atoms with Crippen LogP contribution in [0.5, 0.6) is 0 Å². The molecule has 136 valence electrons. The van der Waals surface area contributed by atoms with E-state index in [0.717, 1.165) is 65.0 Å². The minimum Gasteiger partial charge on any atom is -0.368 e. The molecule has 0 aliphatic carbocycles. The van der Waals surface area contributed by atoms with Crippen LogP contribution in [0.2, 0.25) is 0 Å². The van der Waals surface area contributed by atoms with Gasteiger partial charge in [-0.2, -0.15) is 0 Å². The van der Waals surface area contributed by atoms with Crippen molar-refractivity contribution in [2.24, 2.45) is 5.41 Å². The van der Waals surface area contributed by atoms with Gasteiger partial charge in [-0.3, -0.25) is 14.7 Å². The van der Waals surface area contributed by atoms with Crippen molar-refractivity contribution in [2.75, 3.05) is 32.8 Å². The molecule has 0 aromatic carbocycles. The van der Waals surface area contributed by atoms with E-state index in [1.54, 1.807) is 0 Å². The van der Waals surface area contributed by atoms with Gasteiger partial charge in [0.15, 0.2) is 0 Å². The Balaban J connectivity index is 1.26. The van der Waals surface area contributed by atoms with Crippen LogP contribution in [0.4, 0.5) is 0 Å².